The van der Waals surface area contributed by atoms with Crippen molar-refractivity contribution in [3.8, 4) is 0 Å². The summed E-state index contributed by atoms with van der Waals surface area (Å²) >= 11 is 1.82. The standard InChI is InChI=1S/C15H26N2S/c1-11(2)10-16-8-6-7-12(3)9-15-17-13(4)14(5)18-15/h7,11,16H,6,8-10H2,1-5H3. The maximum atomic E-state index is 4.58. The van der Waals surface area contributed by atoms with E-state index in [1.165, 1.54) is 21.2 Å². The highest BCUT2D eigenvalue weighted by atomic mass is 32.1. The van der Waals surface area contributed by atoms with E-state index in [2.05, 4.69) is 51.0 Å². The van der Waals surface area contributed by atoms with Crippen molar-refractivity contribution >= 4 is 11.3 Å². The van der Waals surface area contributed by atoms with Gasteiger partial charge in [0.05, 0.1) is 10.7 Å². The van der Waals surface area contributed by atoms with Crippen molar-refractivity contribution in [3.05, 3.63) is 27.2 Å². The molecule has 2 nitrogen and oxygen atoms in total. The van der Waals surface area contributed by atoms with E-state index in [-0.39, 0.29) is 0 Å². The van der Waals surface area contributed by atoms with E-state index in [1.54, 1.807) is 0 Å². The molecule has 1 aromatic rings. The van der Waals surface area contributed by atoms with E-state index in [4.69, 9.17) is 0 Å². The Balaban J connectivity index is 2.29. The summed E-state index contributed by atoms with van der Waals surface area (Å²) in [6.07, 6.45) is 4.45. The second-order valence-corrected chi connectivity index (χ2v) is 6.65. The SMILES string of the molecule is CC(=CCCNCC(C)C)Cc1nc(C)c(C)s1. The van der Waals surface area contributed by atoms with Crippen LogP contribution in [0, 0.1) is 19.8 Å². The number of aryl methyl sites for hydroxylation is 2. The molecule has 0 saturated heterocycles. The first-order chi connectivity index (χ1) is 8.49. The third-order valence-electron chi connectivity index (χ3n) is 2.87. The number of rotatable bonds is 7. The first-order valence-electron chi connectivity index (χ1n) is 6.78. The molecule has 0 unspecified atom stereocenters. The van der Waals surface area contributed by atoms with Crippen LogP contribution in [0.5, 0.6) is 0 Å². The normalized spacial score (nSPS) is 12.4. The first-order valence-corrected chi connectivity index (χ1v) is 7.60. The van der Waals surface area contributed by atoms with Gasteiger partial charge in [0, 0.05) is 11.3 Å². The zero-order valence-corrected chi connectivity index (χ0v) is 13.2. The lowest BCUT2D eigenvalue weighted by atomic mass is 10.2. The van der Waals surface area contributed by atoms with Gasteiger partial charge in [0.2, 0.25) is 0 Å². The van der Waals surface area contributed by atoms with Crippen molar-refractivity contribution < 1.29 is 0 Å². The Morgan fingerprint density at radius 1 is 1.39 bits per heavy atom. The molecule has 0 amide bonds. The number of aromatic nitrogens is 1. The van der Waals surface area contributed by atoms with Gasteiger partial charge in [0.1, 0.15) is 0 Å². The topological polar surface area (TPSA) is 24.9 Å². The quantitative estimate of drug-likeness (QED) is 0.598. The third-order valence-corrected chi connectivity index (χ3v) is 3.94. The minimum absolute atomic E-state index is 0.733. The molecule has 3 heteroatoms. The summed E-state index contributed by atoms with van der Waals surface area (Å²) in [6, 6.07) is 0. The number of allylic oxidation sites excluding steroid dienone is 1. The van der Waals surface area contributed by atoms with Gasteiger partial charge in [0.15, 0.2) is 0 Å². The van der Waals surface area contributed by atoms with Gasteiger partial charge < -0.3 is 5.32 Å². The van der Waals surface area contributed by atoms with E-state index in [1.807, 2.05) is 11.3 Å². The smallest absolute Gasteiger partial charge is 0.0971 e. The molecule has 1 heterocycles. The molecule has 0 aliphatic carbocycles. The van der Waals surface area contributed by atoms with Crippen LogP contribution in [0.15, 0.2) is 11.6 Å². The van der Waals surface area contributed by atoms with Crippen molar-refractivity contribution in [2.45, 2.75) is 47.5 Å². The lowest BCUT2D eigenvalue weighted by molar-refractivity contribution is 0.556. The highest BCUT2D eigenvalue weighted by Crippen LogP contribution is 2.19. The Labute approximate surface area is 116 Å². The first kappa shape index (κ1) is 15.4. The molecule has 0 aliphatic rings. The molecule has 0 bridgehead atoms. The molecular formula is C15H26N2S. The lowest BCUT2D eigenvalue weighted by Gasteiger charge is -2.05. The molecule has 18 heavy (non-hydrogen) atoms. The van der Waals surface area contributed by atoms with Gasteiger partial charge in [-0.15, -0.1) is 11.3 Å². The van der Waals surface area contributed by atoms with Crippen LogP contribution in [0.2, 0.25) is 0 Å². The van der Waals surface area contributed by atoms with Gasteiger partial charge in [0.25, 0.3) is 0 Å². The Kier molecular flexibility index (Phi) is 6.58. The fourth-order valence-corrected chi connectivity index (χ4v) is 2.77. The van der Waals surface area contributed by atoms with Gasteiger partial charge in [-0.3, -0.25) is 0 Å². The number of thiazole rings is 1. The molecule has 102 valence electrons. The Hall–Kier alpha value is -0.670. The Bertz CT molecular complexity index is 372. The molecule has 0 spiro atoms. The van der Waals surface area contributed by atoms with Crippen LogP contribution >= 0.6 is 11.3 Å². The van der Waals surface area contributed by atoms with Crippen LogP contribution in [-0.2, 0) is 6.42 Å². The number of nitrogens with zero attached hydrogens (tertiary/aromatic N) is 1. The van der Waals surface area contributed by atoms with Crippen LogP contribution in [0.4, 0.5) is 0 Å². The molecule has 1 N–H and O–H groups in total. The van der Waals surface area contributed by atoms with Gasteiger partial charge >= 0.3 is 0 Å². The van der Waals surface area contributed by atoms with E-state index in [0.717, 1.165) is 31.8 Å². The molecule has 0 saturated carbocycles. The third kappa shape index (κ3) is 5.78. The molecule has 0 aromatic carbocycles. The largest absolute Gasteiger partial charge is 0.316 e. The van der Waals surface area contributed by atoms with Crippen molar-refractivity contribution in [1.29, 1.82) is 0 Å². The lowest BCUT2D eigenvalue weighted by Crippen LogP contribution is -2.20. The van der Waals surface area contributed by atoms with Crippen LogP contribution in [-0.4, -0.2) is 18.1 Å². The van der Waals surface area contributed by atoms with Gasteiger partial charge in [-0.25, -0.2) is 4.98 Å². The fourth-order valence-electron chi connectivity index (χ4n) is 1.74. The average molecular weight is 266 g/mol. The number of nitrogens with one attached hydrogen (secondary N) is 1. The summed E-state index contributed by atoms with van der Waals surface area (Å²) in [5, 5.41) is 4.70. The molecule has 1 rings (SSSR count). The second kappa shape index (κ2) is 7.70. The molecule has 1 aromatic heterocycles. The van der Waals surface area contributed by atoms with Crippen molar-refractivity contribution in [3.63, 3.8) is 0 Å². The highest BCUT2D eigenvalue weighted by Gasteiger charge is 2.03. The van der Waals surface area contributed by atoms with Gasteiger partial charge in [-0.05, 0) is 46.2 Å². The monoisotopic (exact) mass is 266 g/mol. The van der Waals surface area contributed by atoms with Gasteiger partial charge in [-0.2, -0.15) is 0 Å². The zero-order chi connectivity index (χ0) is 13.5. The maximum absolute atomic E-state index is 4.58. The van der Waals surface area contributed by atoms with Gasteiger partial charge in [-0.1, -0.05) is 25.5 Å². The maximum Gasteiger partial charge on any atom is 0.0971 e. The summed E-state index contributed by atoms with van der Waals surface area (Å²) in [4.78, 5) is 5.92. The van der Waals surface area contributed by atoms with E-state index in [0.29, 0.717) is 0 Å². The second-order valence-electron chi connectivity index (χ2n) is 5.36. The molecule has 0 aliphatic heterocycles. The van der Waals surface area contributed by atoms with E-state index in [9.17, 15) is 0 Å². The Morgan fingerprint density at radius 3 is 2.67 bits per heavy atom. The molecule has 0 radical (unpaired) electrons. The van der Waals surface area contributed by atoms with Crippen LogP contribution in [0.3, 0.4) is 0 Å². The highest BCUT2D eigenvalue weighted by molar-refractivity contribution is 7.11. The van der Waals surface area contributed by atoms with E-state index < -0.39 is 0 Å². The average Bonchev–Trinajstić information content (AvgIpc) is 2.56. The zero-order valence-electron chi connectivity index (χ0n) is 12.3. The van der Waals surface area contributed by atoms with Crippen LogP contribution in [0.1, 0.15) is 42.8 Å². The summed E-state index contributed by atoms with van der Waals surface area (Å²) in [5.41, 5.74) is 2.61. The summed E-state index contributed by atoms with van der Waals surface area (Å²) < 4.78 is 0. The van der Waals surface area contributed by atoms with Crippen molar-refractivity contribution in [1.82, 2.24) is 10.3 Å². The van der Waals surface area contributed by atoms with Crippen LogP contribution < -0.4 is 5.32 Å². The minimum atomic E-state index is 0.733. The van der Waals surface area contributed by atoms with Crippen molar-refractivity contribution in [2.75, 3.05) is 13.1 Å². The Morgan fingerprint density at radius 2 is 2.11 bits per heavy atom. The predicted molar refractivity (Wildman–Crippen MR) is 81.4 cm³/mol. The summed E-state index contributed by atoms with van der Waals surface area (Å²) in [6.45, 7) is 13.1. The molecule has 0 atom stereocenters. The fraction of sp³-hybridized carbons (Fsp3) is 0.667. The van der Waals surface area contributed by atoms with Crippen molar-refractivity contribution in [2.24, 2.45) is 5.92 Å². The minimum Gasteiger partial charge on any atom is -0.316 e. The molecule has 0 fully saturated rings. The number of hydrogen-bond acceptors (Lipinski definition) is 3. The number of hydrogen-bond donors (Lipinski definition) is 1. The summed E-state index contributed by atoms with van der Waals surface area (Å²) in [7, 11) is 0. The summed E-state index contributed by atoms with van der Waals surface area (Å²) in [5.74, 6) is 0.733. The predicted octanol–water partition coefficient (Wildman–Crippen LogP) is 3.88. The molecular weight excluding hydrogens is 240 g/mol. The van der Waals surface area contributed by atoms with E-state index >= 15 is 0 Å². The van der Waals surface area contributed by atoms with Crippen LogP contribution in [0.25, 0.3) is 0 Å².